The fraction of sp³-hybridized carbons (Fsp3) is 0.143. The Hall–Kier alpha value is -1.13. The van der Waals surface area contributed by atoms with Gasteiger partial charge < -0.3 is 5.73 Å². The first kappa shape index (κ1) is 13.3. The summed E-state index contributed by atoms with van der Waals surface area (Å²) in [6.45, 7) is 1.93. The fourth-order valence-corrected chi connectivity index (χ4v) is 3.43. The Kier molecular flexibility index (Phi) is 4.19. The molecule has 0 aliphatic carbocycles. The van der Waals surface area contributed by atoms with Crippen molar-refractivity contribution in [3.63, 3.8) is 0 Å². The van der Waals surface area contributed by atoms with Gasteiger partial charge in [-0.05, 0) is 36.2 Å². The Balaban J connectivity index is 2.25. The quantitative estimate of drug-likeness (QED) is 0.876. The van der Waals surface area contributed by atoms with Crippen molar-refractivity contribution in [3.05, 3.63) is 58.1 Å². The minimum Gasteiger partial charge on any atom is -0.398 e. The Morgan fingerprint density at radius 3 is 2.67 bits per heavy atom. The molecule has 1 atom stereocenters. The highest BCUT2D eigenvalue weighted by atomic mass is 79.9. The minimum atomic E-state index is -1.11. The molecule has 0 saturated heterocycles. The van der Waals surface area contributed by atoms with E-state index in [1.807, 2.05) is 49.4 Å². The van der Waals surface area contributed by atoms with E-state index in [2.05, 4.69) is 15.9 Å². The molecule has 2 nitrogen and oxygen atoms in total. The highest BCUT2D eigenvalue weighted by Gasteiger charge is 2.10. The zero-order chi connectivity index (χ0) is 13.1. The lowest BCUT2D eigenvalue weighted by atomic mass is 10.2. The average molecular weight is 324 g/mol. The van der Waals surface area contributed by atoms with E-state index < -0.39 is 10.8 Å². The van der Waals surface area contributed by atoms with E-state index >= 15 is 0 Å². The first-order valence-electron chi connectivity index (χ1n) is 5.56. The Morgan fingerprint density at radius 2 is 1.94 bits per heavy atom. The van der Waals surface area contributed by atoms with Crippen molar-refractivity contribution in [2.45, 2.75) is 17.6 Å². The molecule has 0 aromatic heterocycles. The van der Waals surface area contributed by atoms with Crippen LogP contribution in [0.15, 0.2) is 51.8 Å². The summed E-state index contributed by atoms with van der Waals surface area (Å²) in [6, 6.07) is 13.5. The summed E-state index contributed by atoms with van der Waals surface area (Å²) in [5.41, 5.74) is 8.59. The third-order valence-corrected chi connectivity index (χ3v) is 4.65. The highest BCUT2D eigenvalue weighted by molar-refractivity contribution is 9.10. The summed E-state index contributed by atoms with van der Waals surface area (Å²) < 4.78 is 13.3. The van der Waals surface area contributed by atoms with E-state index in [1.54, 1.807) is 0 Å². The van der Waals surface area contributed by atoms with Gasteiger partial charge in [-0.25, -0.2) is 0 Å². The SMILES string of the molecule is Cc1cccc(S(=O)Cc2cccc(Br)c2)c1N. The van der Waals surface area contributed by atoms with E-state index in [1.165, 1.54) is 0 Å². The van der Waals surface area contributed by atoms with Crippen LogP contribution in [-0.4, -0.2) is 4.21 Å². The molecule has 0 aliphatic heterocycles. The molecule has 2 aromatic rings. The van der Waals surface area contributed by atoms with E-state index in [4.69, 9.17) is 5.73 Å². The van der Waals surface area contributed by atoms with Crippen molar-refractivity contribution in [3.8, 4) is 0 Å². The van der Waals surface area contributed by atoms with Gasteiger partial charge in [0, 0.05) is 4.47 Å². The van der Waals surface area contributed by atoms with E-state index in [-0.39, 0.29) is 0 Å². The van der Waals surface area contributed by atoms with Crippen LogP contribution in [-0.2, 0) is 16.6 Å². The standard InChI is InChI=1S/C14H14BrNOS/c1-10-4-2-7-13(14(10)16)18(17)9-11-5-3-6-12(15)8-11/h2-8H,9,16H2,1H3. The van der Waals surface area contributed by atoms with Gasteiger partial charge in [0.15, 0.2) is 0 Å². The molecule has 2 aromatic carbocycles. The number of hydrogen-bond acceptors (Lipinski definition) is 2. The van der Waals surface area contributed by atoms with Crippen LogP contribution in [0.2, 0.25) is 0 Å². The number of para-hydroxylation sites is 1. The topological polar surface area (TPSA) is 43.1 Å². The van der Waals surface area contributed by atoms with Crippen molar-refractivity contribution in [1.82, 2.24) is 0 Å². The van der Waals surface area contributed by atoms with Crippen LogP contribution in [0.3, 0.4) is 0 Å². The van der Waals surface area contributed by atoms with Crippen molar-refractivity contribution in [2.24, 2.45) is 0 Å². The summed E-state index contributed by atoms with van der Waals surface area (Å²) in [6.07, 6.45) is 0. The van der Waals surface area contributed by atoms with E-state index in [0.717, 1.165) is 20.5 Å². The molecule has 0 heterocycles. The second-order valence-corrected chi connectivity index (χ2v) is 6.44. The molecule has 1 unspecified atom stereocenters. The molecular weight excluding hydrogens is 310 g/mol. The number of rotatable bonds is 3. The highest BCUT2D eigenvalue weighted by Crippen LogP contribution is 2.23. The first-order chi connectivity index (χ1) is 8.58. The predicted octanol–water partition coefficient (Wildman–Crippen LogP) is 3.65. The van der Waals surface area contributed by atoms with Crippen LogP contribution in [0.1, 0.15) is 11.1 Å². The van der Waals surface area contributed by atoms with Gasteiger partial charge in [0.1, 0.15) is 0 Å². The van der Waals surface area contributed by atoms with Gasteiger partial charge in [0.05, 0.1) is 27.1 Å². The number of benzene rings is 2. The summed E-state index contributed by atoms with van der Waals surface area (Å²) in [5, 5.41) is 0. The van der Waals surface area contributed by atoms with Gasteiger partial charge in [-0.15, -0.1) is 0 Å². The molecule has 2 rings (SSSR count). The maximum absolute atomic E-state index is 12.3. The zero-order valence-corrected chi connectivity index (χ0v) is 12.4. The maximum Gasteiger partial charge on any atom is 0.0623 e. The van der Waals surface area contributed by atoms with Crippen LogP contribution >= 0.6 is 15.9 Å². The number of nitrogen functional groups attached to an aromatic ring is 1. The first-order valence-corrected chi connectivity index (χ1v) is 7.67. The number of nitrogens with two attached hydrogens (primary N) is 1. The van der Waals surface area contributed by atoms with Crippen LogP contribution in [0.25, 0.3) is 0 Å². The second kappa shape index (κ2) is 5.67. The van der Waals surface area contributed by atoms with Crippen molar-refractivity contribution >= 4 is 32.4 Å². The molecule has 0 amide bonds. The minimum absolute atomic E-state index is 0.479. The van der Waals surface area contributed by atoms with Gasteiger partial charge in [-0.3, -0.25) is 4.21 Å². The molecule has 0 bridgehead atoms. The Bertz CT molecular complexity index is 598. The monoisotopic (exact) mass is 323 g/mol. The third kappa shape index (κ3) is 3.00. The van der Waals surface area contributed by atoms with Gasteiger partial charge in [0.25, 0.3) is 0 Å². The predicted molar refractivity (Wildman–Crippen MR) is 79.8 cm³/mol. The molecular formula is C14H14BrNOS. The van der Waals surface area contributed by atoms with Crippen molar-refractivity contribution in [1.29, 1.82) is 0 Å². The number of aryl methyl sites for hydroxylation is 1. The molecule has 0 saturated carbocycles. The summed E-state index contributed by atoms with van der Waals surface area (Å²) in [5.74, 6) is 0.479. The van der Waals surface area contributed by atoms with Crippen molar-refractivity contribution in [2.75, 3.05) is 5.73 Å². The van der Waals surface area contributed by atoms with Crippen LogP contribution in [0, 0.1) is 6.92 Å². The molecule has 2 N–H and O–H groups in total. The molecule has 18 heavy (non-hydrogen) atoms. The van der Waals surface area contributed by atoms with Crippen LogP contribution in [0.4, 0.5) is 5.69 Å². The van der Waals surface area contributed by atoms with Gasteiger partial charge in [-0.2, -0.15) is 0 Å². The molecule has 94 valence electrons. The summed E-state index contributed by atoms with van der Waals surface area (Å²) in [7, 11) is -1.11. The fourth-order valence-electron chi connectivity index (χ4n) is 1.71. The van der Waals surface area contributed by atoms with Gasteiger partial charge in [-0.1, -0.05) is 40.2 Å². The van der Waals surface area contributed by atoms with Gasteiger partial charge in [0.2, 0.25) is 0 Å². The van der Waals surface area contributed by atoms with Gasteiger partial charge >= 0.3 is 0 Å². The second-order valence-electron chi connectivity index (χ2n) is 4.11. The molecule has 0 radical (unpaired) electrons. The lowest BCUT2D eigenvalue weighted by molar-refractivity contribution is 0.683. The Morgan fingerprint density at radius 1 is 1.22 bits per heavy atom. The Labute approximate surface area is 118 Å². The van der Waals surface area contributed by atoms with Crippen molar-refractivity contribution < 1.29 is 4.21 Å². The number of hydrogen-bond donors (Lipinski definition) is 1. The number of halogens is 1. The molecule has 0 aliphatic rings. The molecule has 4 heteroatoms. The zero-order valence-electron chi connectivity index (χ0n) is 10.0. The molecule has 0 fully saturated rings. The summed E-state index contributed by atoms with van der Waals surface area (Å²) in [4.78, 5) is 0.718. The van der Waals surface area contributed by atoms with E-state index in [0.29, 0.717) is 11.4 Å². The third-order valence-electron chi connectivity index (χ3n) is 2.72. The van der Waals surface area contributed by atoms with Crippen LogP contribution in [0.5, 0.6) is 0 Å². The lowest BCUT2D eigenvalue weighted by Crippen LogP contribution is -2.02. The average Bonchev–Trinajstić information content (AvgIpc) is 2.32. The summed E-state index contributed by atoms with van der Waals surface area (Å²) >= 11 is 3.41. The maximum atomic E-state index is 12.3. The smallest absolute Gasteiger partial charge is 0.0623 e. The normalized spacial score (nSPS) is 12.3. The van der Waals surface area contributed by atoms with E-state index in [9.17, 15) is 4.21 Å². The molecule has 0 spiro atoms. The largest absolute Gasteiger partial charge is 0.398 e. The lowest BCUT2D eigenvalue weighted by Gasteiger charge is -2.08. The van der Waals surface area contributed by atoms with Crippen LogP contribution < -0.4 is 5.73 Å². The number of anilines is 1.